The highest BCUT2D eigenvalue weighted by Gasteiger charge is 2.49. The smallest absolute Gasteiger partial charge is 0.136 e. The molecule has 0 radical (unpaired) electrons. The molecule has 0 aromatic rings. The average Bonchev–Trinajstić information content (AvgIpc) is 2.24. The molecule has 2 rings (SSSR count). The molecule has 0 amide bonds. The SMILES string of the molecule is C=C1CC[C@@H]2C(CC2(C)C)C(=O)CCC1O. The van der Waals surface area contributed by atoms with Gasteiger partial charge in [-0.3, -0.25) is 4.79 Å². The first-order valence-corrected chi connectivity index (χ1v) is 6.30. The molecule has 2 aliphatic carbocycles. The first-order chi connectivity index (χ1) is 7.42. The van der Waals surface area contributed by atoms with E-state index in [1.165, 1.54) is 0 Å². The third kappa shape index (κ3) is 1.95. The Kier molecular flexibility index (Phi) is 2.95. The first-order valence-electron chi connectivity index (χ1n) is 6.30. The van der Waals surface area contributed by atoms with Crippen molar-refractivity contribution in [2.45, 2.75) is 52.1 Å². The number of rotatable bonds is 0. The van der Waals surface area contributed by atoms with E-state index in [-0.39, 0.29) is 5.92 Å². The molecule has 2 heteroatoms. The number of fused-ring (bicyclic) bond motifs is 1. The highest BCUT2D eigenvalue weighted by Crippen LogP contribution is 2.54. The van der Waals surface area contributed by atoms with Crippen LogP contribution in [0.3, 0.4) is 0 Å². The van der Waals surface area contributed by atoms with Gasteiger partial charge in [0.2, 0.25) is 0 Å². The molecule has 2 aliphatic rings. The van der Waals surface area contributed by atoms with Gasteiger partial charge in [-0.15, -0.1) is 0 Å². The van der Waals surface area contributed by atoms with Gasteiger partial charge in [0.1, 0.15) is 5.78 Å². The van der Waals surface area contributed by atoms with Gasteiger partial charge < -0.3 is 5.11 Å². The molecule has 0 spiro atoms. The number of Topliss-reactive ketones (excluding diaryl/α,β-unsaturated/α-hetero) is 1. The minimum absolute atomic E-state index is 0.257. The van der Waals surface area contributed by atoms with Crippen LogP contribution in [0.4, 0.5) is 0 Å². The second kappa shape index (κ2) is 3.99. The molecular weight excluding hydrogens is 200 g/mol. The molecule has 16 heavy (non-hydrogen) atoms. The van der Waals surface area contributed by atoms with E-state index in [2.05, 4.69) is 20.4 Å². The van der Waals surface area contributed by atoms with Gasteiger partial charge in [-0.1, -0.05) is 20.4 Å². The molecule has 90 valence electrons. The van der Waals surface area contributed by atoms with Crippen LogP contribution < -0.4 is 0 Å². The predicted molar refractivity (Wildman–Crippen MR) is 64.0 cm³/mol. The van der Waals surface area contributed by atoms with Crippen molar-refractivity contribution in [2.24, 2.45) is 17.3 Å². The molecule has 2 nitrogen and oxygen atoms in total. The minimum atomic E-state index is -0.468. The van der Waals surface area contributed by atoms with Gasteiger partial charge in [-0.2, -0.15) is 0 Å². The topological polar surface area (TPSA) is 37.3 Å². The fourth-order valence-corrected chi connectivity index (χ4v) is 3.35. The van der Waals surface area contributed by atoms with Gasteiger partial charge >= 0.3 is 0 Å². The van der Waals surface area contributed by atoms with Gasteiger partial charge in [-0.05, 0) is 42.6 Å². The Labute approximate surface area is 97.7 Å². The maximum atomic E-state index is 12.0. The van der Waals surface area contributed by atoms with E-state index in [4.69, 9.17) is 0 Å². The van der Waals surface area contributed by atoms with Crippen LogP contribution in [-0.4, -0.2) is 17.0 Å². The van der Waals surface area contributed by atoms with Crippen LogP contribution in [0.1, 0.15) is 46.0 Å². The zero-order valence-electron chi connectivity index (χ0n) is 10.3. The third-order valence-electron chi connectivity index (χ3n) is 4.56. The predicted octanol–water partition coefficient (Wildman–Crippen LogP) is 2.71. The van der Waals surface area contributed by atoms with Crippen molar-refractivity contribution in [2.75, 3.05) is 0 Å². The van der Waals surface area contributed by atoms with Crippen molar-refractivity contribution < 1.29 is 9.90 Å². The molecule has 2 unspecified atom stereocenters. The monoisotopic (exact) mass is 222 g/mol. The molecule has 3 atom stereocenters. The van der Waals surface area contributed by atoms with E-state index in [9.17, 15) is 9.90 Å². The normalized spacial score (nSPS) is 39.1. The fourth-order valence-electron chi connectivity index (χ4n) is 3.35. The van der Waals surface area contributed by atoms with Crippen LogP contribution in [-0.2, 0) is 4.79 Å². The second-order valence-electron chi connectivity index (χ2n) is 6.12. The van der Waals surface area contributed by atoms with E-state index in [0.717, 1.165) is 24.8 Å². The first kappa shape index (κ1) is 11.8. The molecule has 0 saturated heterocycles. The van der Waals surface area contributed by atoms with Crippen molar-refractivity contribution in [3.05, 3.63) is 12.2 Å². The lowest BCUT2D eigenvalue weighted by molar-refractivity contribution is -0.137. The Morgan fingerprint density at radius 1 is 1.31 bits per heavy atom. The van der Waals surface area contributed by atoms with Crippen molar-refractivity contribution in [3.8, 4) is 0 Å². The molecule has 0 heterocycles. The summed E-state index contributed by atoms with van der Waals surface area (Å²) < 4.78 is 0. The Morgan fingerprint density at radius 2 is 2.00 bits per heavy atom. The lowest BCUT2D eigenvalue weighted by Crippen LogP contribution is -2.47. The summed E-state index contributed by atoms with van der Waals surface area (Å²) in [5.41, 5.74) is 1.21. The number of ketones is 1. The highest BCUT2D eigenvalue weighted by atomic mass is 16.3. The Bertz CT molecular complexity index is 317. The lowest BCUT2D eigenvalue weighted by atomic mass is 9.53. The van der Waals surface area contributed by atoms with Crippen LogP contribution in [0.5, 0.6) is 0 Å². The molecule has 0 aromatic carbocycles. The Balaban J connectivity index is 2.12. The quantitative estimate of drug-likeness (QED) is 0.640. The zero-order chi connectivity index (χ0) is 11.9. The van der Waals surface area contributed by atoms with Crippen molar-refractivity contribution in [1.29, 1.82) is 0 Å². The summed E-state index contributed by atoms with van der Waals surface area (Å²) in [5, 5.41) is 9.80. The zero-order valence-corrected chi connectivity index (χ0v) is 10.3. The maximum absolute atomic E-state index is 12.0. The molecule has 0 aromatic heterocycles. The summed E-state index contributed by atoms with van der Waals surface area (Å²) in [5.74, 6) is 1.12. The van der Waals surface area contributed by atoms with E-state index in [1.54, 1.807) is 0 Å². The summed E-state index contributed by atoms with van der Waals surface area (Å²) in [6.07, 6.45) is 3.54. The second-order valence-corrected chi connectivity index (χ2v) is 6.12. The minimum Gasteiger partial charge on any atom is -0.389 e. The van der Waals surface area contributed by atoms with Crippen LogP contribution in [0, 0.1) is 17.3 Å². The number of hydrogen-bond acceptors (Lipinski definition) is 2. The van der Waals surface area contributed by atoms with Gasteiger partial charge in [0.15, 0.2) is 0 Å². The number of aliphatic hydroxyl groups is 1. The number of carbonyl (C=O) groups excluding carboxylic acids is 1. The molecule has 1 N–H and O–H groups in total. The van der Waals surface area contributed by atoms with Crippen molar-refractivity contribution in [1.82, 2.24) is 0 Å². The van der Waals surface area contributed by atoms with E-state index < -0.39 is 6.10 Å². The summed E-state index contributed by atoms with van der Waals surface area (Å²) in [6, 6.07) is 0. The van der Waals surface area contributed by atoms with E-state index in [0.29, 0.717) is 30.0 Å². The Morgan fingerprint density at radius 3 is 2.62 bits per heavy atom. The van der Waals surface area contributed by atoms with Crippen molar-refractivity contribution in [3.63, 3.8) is 0 Å². The summed E-state index contributed by atoms with van der Waals surface area (Å²) in [7, 11) is 0. The molecule has 2 saturated carbocycles. The van der Waals surface area contributed by atoms with Gasteiger partial charge in [0, 0.05) is 12.3 Å². The molecule has 0 bridgehead atoms. The Hall–Kier alpha value is -0.630. The van der Waals surface area contributed by atoms with Gasteiger partial charge in [0.25, 0.3) is 0 Å². The van der Waals surface area contributed by atoms with Crippen LogP contribution in [0.2, 0.25) is 0 Å². The maximum Gasteiger partial charge on any atom is 0.136 e. The van der Waals surface area contributed by atoms with Crippen LogP contribution >= 0.6 is 0 Å². The van der Waals surface area contributed by atoms with Crippen LogP contribution in [0.25, 0.3) is 0 Å². The number of hydrogen-bond donors (Lipinski definition) is 1. The largest absolute Gasteiger partial charge is 0.389 e. The lowest BCUT2D eigenvalue weighted by Gasteiger charge is -2.51. The molecule has 2 fully saturated rings. The summed E-state index contributed by atoms with van der Waals surface area (Å²) in [4.78, 5) is 12.0. The number of aliphatic hydroxyl groups excluding tert-OH is 1. The van der Waals surface area contributed by atoms with E-state index in [1.807, 2.05) is 0 Å². The standard InChI is InChI=1S/C14H22O2/c1-9-4-5-11-10(8-14(11,2)3)13(16)7-6-12(9)15/h10-12,15H,1,4-8H2,2-3H3/t10?,11-,12?/m1/s1. The number of carbonyl (C=O) groups is 1. The molecule has 0 aliphatic heterocycles. The highest BCUT2D eigenvalue weighted by molar-refractivity contribution is 5.82. The fraction of sp³-hybridized carbons (Fsp3) is 0.786. The van der Waals surface area contributed by atoms with Crippen LogP contribution in [0.15, 0.2) is 12.2 Å². The average molecular weight is 222 g/mol. The van der Waals surface area contributed by atoms with Gasteiger partial charge in [0.05, 0.1) is 6.10 Å². The summed E-state index contributed by atoms with van der Waals surface area (Å²) in [6.45, 7) is 8.43. The van der Waals surface area contributed by atoms with E-state index >= 15 is 0 Å². The third-order valence-corrected chi connectivity index (χ3v) is 4.56. The molecular formula is C14H22O2. The van der Waals surface area contributed by atoms with Crippen molar-refractivity contribution >= 4 is 5.78 Å². The summed E-state index contributed by atoms with van der Waals surface area (Å²) >= 11 is 0. The van der Waals surface area contributed by atoms with Gasteiger partial charge in [-0.25, -0.2) is 0 Å².